The number of likely N-dealkylation sites (tertiary alicyclic amines) is 1. The Morgan fingerprint density at radius 3 is 2.80 bits per heavy atom. The van der Waals surface area contributed by atoms with Gasteiger partial charge in [-0.3, -0.25) is 14.7 Å². The Morgan fingerprint density at radius 2 is 2.04 bits per heavy atom. The molecular weight excluding hydrogens is 317 g/mol. The van der Waals surface area contributed by atoms with Crippen LogP contribution in [0.2, 0.25) is 0 Å². The van der Waals surface area contributed by atoms with Gasteiger partial charge >= 0.3 is 0 Å². The average molecular weight is 339 g/mol. The number of hydrogen-bond donors (Lipinski definition) is 1. The first-order valence-electron chi connectivity index (χ1n) is 8.56. The van der Waals surface area contributed by atoms with Crippen molar-refractivity contribution in [3.05, 3.63) is 71.8 Å². The highest BCUT2D eigenvalue weighted by Gasteiger charge is 2.23. The third-order valence-electron chi connectivity index (χ3n) is 4.26. The molecule has 1 amide bonds. The molecule has 0 radical (unpaired) electrons. The Hall–Kier alpha value is -2.53. The van der Waals surface area contributed by atoms with Crippen LogP contribution in [0.4, 0.5) is 4.39 Å². The molecule has 0 saturated carbocycles. The monoisotopic (exact) mass is 339 g/mol. The van der Waals surface area contributed by atoms with E-state index >= 15 is 0 Å². The van der Waals surface area contributed by atoms with Crippen molar-refractivity contribution in [3.8, 4) is 0 Å². The van der Waals surface area contributed by atoms with E-state index in [4.69, 9.17) is 0 Å². The van der Waals surface area contributed by atoms with Gasteiger partial charge in [-0.15, -0.1) is 0 Å². The van der Waals surface area contributed by atoms with Crippen molar-refractivity contribution < 1.29 is 9.18 Å². The van der Waals surface area contributed by atoms with Gasteiger partial charge in [-0.2, -0.15) is 0 Å². The van der Waals surface area contributed by atoms with E-state index in [-0.39, 0.29) is 6.04 Å². The van der Waals surface area contributed by atoms with Crippen molar-refractivity contribution >= 4 is 12.0 Å². The van der Waals surface area contributed by atoms with Crippen LogP contribution in [0.3, 0.4) is 0 Å². The van der Waals surface area contributed by atoms with E-state index in [9.17, 15) is 9.18 Å². The fourth-order valence-electron chi connectivity index (χ4n) is 3.05. The van der Waals surface area contributed by atoms with Crippen LogP contribution in [0.15, 0.2) is 60.6 Å². The van der Waals surface area contributed by atoms with E-state index in [1.807, 2.05) is 36.4 Å². The Bertz CT molecular complexity index is 718. The largest absolute Gasteiger partial charge is 0.346 e. The lowest BCUT2D eigenvalue weighted by Gasteiger charge is -2.32. The summed E-state index contributed by atoms with van der Waals surface area (Å²) >= 11 is 0. The predicted octanol–water partition coefficient (Wildman–Crippen LogP) is 3.17. The van der Waals surface area contributed by atoms with Crippen LogP contribution in [0.25, 0.3) is 6.08 Å². The van der Waals surface area contributed by atoms with E-state index in [1.165, 1.54) is 6.08 Å². The van der Waals surface area contributed by atoms with Crippen LogP contribution in [0.1, 0.15) is 24.1 Å². The van der Waals surface area contributed by atoms with Crippen LogP contribution >= 0.6 is 0 Å². The number of benzene rings is 1. The lowest BCUT2D eigenvalue weighted by atomic mass is 10.1. The van der Waals surface area contributed by atoms with Crippen LogP contribution in [-0.4, -0.2) is 34.9 Å². The summed E-state index contributed by atoms with van der Waals surface area (Å²) in [6.07, 6.45) is 4.89. The van der Waals surface area contributed by atoms with Crippen molar-refractivity contribution in [1.29, 1.82) is 0 Å². The third-order valence-corrected chi connectivity index (χ3v) is 4.26. The maximum atomic E-state index is 14.1. The molecular formula is C20H22FN3O. The topological polar surface area (TPSA) is 45.2 Å². The Morgan fingerprint density at radius 1 is 1.24 bits per heavy atom. The summed E-state index contributed by atoms with van der Waals surface area (Å²) in [6, 6.07) is 14.8. The van der Waals surface area contributed by atoms with Crippen molar-refractivity contribution in [3.63, 3.8) is 0 Å². The molecule has 4 nitrogen and oxygen atoms in total. The standard InChI is InChI=1S/C20H22FN3O/c21-19(13-16-7-2-1-3-8-16)20(25)23-18-10-6-12-24(15-18)14-17-9-4-5-11-22-17/h1-5,7-9,11,13,18H,6,10,12,14-15H2,(H,23,25)/b19-13-. The number of carbonyl (C=O) groups is 1. The normalized spacial score (nSPS) is 18.8. The Balaban J connectivity index is 1.55. The summed E-state index contributed by atoms with van der Waals surface area (Å²) < 4.78 is 14.1. The van der Waals surface area contributed by atoms with Gasteiger partial charge in [0.05, 0.1) is 5.69 Å². The summed E-state index contributed by atoms with van der Waals surface area (Å²) in [6.45, 7) is 2.42. The van der Waals surface area contributed by atoms with Crippen LogP contribution in [0.5, 0.6) is 0 Å². The molecule has 1 atom stereocenters. The second-order valence-electron chi connectivity index (χ2n) is 6.27. The van der Waals surface area contributed by atoms with Gasteiger partial charge < -0.3 is 5.32 Å². The number of carbonyl (C=O) groups excluding carboxylic acids is 1. The van der Waals surface area contributed by atoms with Crippen LogP contribution < -0.4 is 5.32 Å². The Kier molecular flexibility index (Phi) is 5.90. The summed E-state index contributed by atoms with van der Waals surface area (Å²) in [7, 11) is 0. The highest BCUT2D eigenvalue weighted by atomic mass is 19.1. The van der Waals surface area contributed by atoms with E-state index in [0.29, 0.717) is 12.1 Å². The van der Waals surface area contributed by atoms with Gasteiger partial charge in [0.2, 0.25) is 0 Å². The minimum Gasteiger partial charge on any atom is -0.346 e. The fourth-order valence-corrected chi connectivity index (χ4v) is 3.05. The minimum absolute atomic E-state index is 0.0418. The highest BCUT2D eigenvalue weighted by molar-refractivity contribution is 5.95. The molecule has 25 heavy (non-hydrogen) atoms. The number of nitrogens with one attached hydrogen (secondary N) is 1. The average Bonchev–Trinajstić information content (AvgIpc) is 2.63. The summed E-state index contributed by atoms with van der Waals surface area (Å²) in [5.41, 5.74) is 1.68. The fraction of sp³-hybridized carbons (Fsp3) is 0.300. The second kappa shape index (κ2) is 8.53. The number of rotatable bonds is 5. The van der Waals surface area contributed by atoms with Gasteiger partial charge in [-0.1, -0.05) is 36.4 Å². The maximum Gasteiger partial charge on any atom is 0.280 e. The summed E-state index contributed by atoms with van der Waals surface area (Å²) in [5, 5.41) is 2.81. The zero-order chi connectivity index (χ0) is 17.5. The SMILES string of the molecule is O=C(NC1CCCN(Cc2ccccn2)C1)/C(F)=C/c1ccccc1. The first-order chi connectivity index (χ1) is 12.2. The van der Waals surface area contributed by atoms with Gasteiger partial charge in [-0.25, -0.2) is 4.39 Å². The number of halogens is 1. The zero-order valence-corrected chi connectivity index (χ0v) is 14.1. The van der Waals surface area contributed by atoms with Gasteiger partial charge in [0.15, 0.2) is 5.83 Å². The number of hydrogen-bond acceptors (Lipinski definition) is 3. The molecule has 1 aliphatic heterocycles. The number of pyridine rings is 1. The van der Waals surface area contributed by atoms with E-state index in [0.717, 1.165) is 31.6 Å². The van der Waals surface area contributed by atoms with E-state index in [1.54, 1.807) is 18.3 Å². The number of aromatic nitrogens is 1. The molecule has 0 spiro atoms. The van der Waals surface area contributed by atoms with Crippen molar-refractivity contribution in [2.24, 2.45) is 0 Å². The second-order valence-corrected chi connectivity index (χ2v) is 6.27. The van der Waals surface area contributed by atoms with Gasteiger partial charge in [-0.05, 0) is 43.2 Å². The van der Waals surface area contributed by atoms with Crippen LogP contribution in [0, 0.1) is 0 Å². The molecule has 1 aliphatic rings. The summed E-state index contributed by atoms with van der Waals surface area (Å²) in [4.78, 5) is 18.7. The molecule has 1 N–H and O–H groups in total. The molecule has 0 aliphatic carbocycles. The van der Waals surface area contributed by atoms with E-state index < -0.39 is 11.7 Å². The van der Waals surface area contributed by atoms with Gasteiger partial charge in [0, 0.05) is 25.3 Å². The lowest BCUT2D eigenvalue weighted by molar-refractivity contribution is -0.119. The number of nitrogens with zero attached hydrogens (tertiary/aromatic N) is 2. The lowest BCUT2D eigenvalue weighted by Crippen LogP contribution is -2.47. The van der Waals surface area contributed by atoms with E-state index in [2.05, 4.69) is 15.2 Å². The first kappa shape index (κ1) is 17.3. The number of amides is 1. The molecule has 1 saturated heterocycles. The predicted molar refractivity (Wildman–Crippen MR) is 96.2 cm³/mol. The van der Waals surface area contributed by atoms with Crippen molar-refractivity contribution in [1.82, 2.24) is 15.2 Å². The minimum atomic E-state index is -0.756. The molecule has 2 heterocycles. The molecule has 5 heteroatoms. The molecule has 1 unspecified atom stereocenters. The van der Waals surface area contributed by atoms with Gasteiger partial charge in [0.1, 0.15) is 0 Å². The zero-order valence-electron chi connectivity index (χ0n) is 14.1. The first-order valence-corrected chi connectivity index (χ1v) is 8.56. The smallest absolute Gasteiger partial charge is 0.280 e. The van der Waals surface area contributed by atoms with Crippen LogP contribution in [-0.2, 0) is 11.3 Å². The Labute approximate surface area is 147 Å². The number of piperidine rings is 1. The molecule has 2 aromatic rings. The molecule has 3 rings (SSSR count). The van der Waals surface area contributed by atoms with Gasteiger partial charge in [0.25, 0.3) is 5.91 Å². The highest BCUT2D eigenvalue weighted by Crippen LogP contribution is 2.14. The van der Waals surface area contributed by atoms with Crippen molar-refractivity contribution in [2.75, 3.05) is 13.1 Å². The third kappa shape index (κ3) is 5.22. The molecule has 130 valence electrons. The summed E-state index contributed by atoms with van der Waals surface area (Å²) in [5.74, 6) is -1.40. The quantitative estimate of drug-likeness (QED) is 0.851. The van der Waals surface area contributed by atoms with Crippen molar-refractivity contribution in [2.45, 2.75) is 25.4 Å². The molecule has 1 fully saturated rings. The molecule has 1 aromatic carbocycles. The molecule has 0 bridgehead atoms. The maximum absolute atomic E-state index is 14.1. The molecule has 1 aromatic heterocycles.